The molecule has 5 rings (SSSR count). The number of anilines is 1. The maximum atomic E-state index is 12.7. The summed E-state index contributed by atoms with van der Waals surface area (Å²) in [4.78, 5) is 27.3. The number of benzene rings is 1. The zero-order valence-electron chi connectivity index (χ0n) is 15.9. The number of carbonyl (C=O) groups is 1. The van der Waals surface area contributed by atoms with Crippen LogP contribution in [0.2, 0.25) is 0 Å². The molecule has 1 saturated heterocycles. The summed E-state index contributed by atoms with van der Waals surface area (Å²) in [7, 11) is 0. The Balaban J connectivity index is 1.40. The predicted octanol–water partition coefficient (Wildman–Crippen LogP) is 4.20. The molecule has 6 heteroatoms. The van der Waals surface area contributed by atoms with E-state index in [9.17, 15) is 4.79 Å². The average Bonchev–Trinajstić information content (AvgIpc) is 3.44. The summed E-state index contributed by atoms with van der Waals surface area (Å²) in [5.74, 6) is 1.63. The van der Waals surface area contributed by atoms with Crippen molar-refractivity contribution >= 4 is 33.3 Å². The SMILES string of the molecule is O=C(C1CCCC1)N1CCN(c2ncnc3scc(-c4ccccc4)c23)CC1. The van der Waals surface area contributed by atoms with E-state index in [1.807, 2.05) is 6.07 Å². The van der Waals surface area contributed by atoms with Crippen LogP contribution in [0, 0.1) is 5.92 Å². The first-order valence-corrected chi connectivity index (χ1v) is 11.0. The maximum Gasteiger partial charge on any atom is 0.225 e. The van der Waals surface area contributed by atoms with Crippen molar-refractivity contribution in [3.8, 4) is 11.1 Å². The summed E-state index contributed by atoms with van der Waals surface area (Å²) < 4.78 is 0. The van der Waals surface area contributed by atoms with Gasteiger partial charge in [-0.25, -0.2) is 9.97 Å². The summed E-state index contributed by atoms with van der Waals surface area (Å²) in [5.41, 5.74) is 2.39. The van der Waals surface area contributed by atoms with Crippen molar-refractivity contribution in [2.45, 2.75) is 25.7 Å². The Morgan fingerprint density at radius 2 is 1.75 bits per heavy atom. The minimum absolute atomic E-state index is 0.263. The molecule has 0 radical (unpaired) electrons. The fraction of sp³-hybridized carbons (Fsp3) is 0.409. The van der Waals surface area contributed by atoms with Crippen LogP contribution >= 0.6 is 11.3 Å². The molecule has 144 valence electrons. The largest absolute Gasteiger partial charge is 0.352 e. The summed E-state index contributed by atoms with van der Waals surface area (Å²) in [5, 5.41) is 3.31. The Kier molecular flexibility index (Phi) is 4.72. The smallest absolute Gasteiger partial charge is 0.225 e. The van der Waals surface area contributed by atoms with Gasteiger partial charge >= 0.3 is 0 Å². The number of hydrogen-bond acceptors (Lipinski definition) is 5. The third kappa shape index (κ3) is 3.15. The Labute approximate surface area is 169 Å². The van der Waals surface area contributed by atoms with Crippen molar-refractivity contribution in [3.63, 3.8) is 0 Å². The van der Waals surface area contributed by atoms with Gasteiger partial charge in [0.05, 0.1) is 5.39 Å². The van der Waals surface area contributed by atoms with Gasteiger partial charge in [-0.3, -0.25) is 4.79 Å². The van der Waals surface area contributed by atoms with E-state index in [0.717, 1.165) is 55.1 Å². The molecular formula is C22H24N4OS. The number of thiophene rings is 1. The van der Waals surface area contributed by atoms with Gasteiger partial charge in [-0.1, -0.05) is 43.2 Å². The number of nitrogens with zero attached hydrogens (tertiary/aromatic N) is 4. The van der Waals surface area contributed by atoms with Crippen LogP contribution in [0.3, 0.4) is 0 Å². The molecule has 1 aromatic carbocycles. The van der Waals surface area contributed by atoms with Crippen LogP contribution in [-0.2, 0) is 4.79 Å². The molecule has 1 aliphatic heterocycles. The molecule has 0 unspecified atom stereocenters. The van der Waals surface area contributed by atoms with Gasteiger partial charge < -0.3 is 9.80 Å². The molecule has 2 aromatic heterocycles. The molecule has 5 nitrogen and oxygen atoms in total. The van der Waals surface area contributed by atoms with E-state index in [-0.39, 0.29) is 5.92 Å². The summed E-state index contributed by atoms with van der Waals surface area (Å²) in [6, 6.07) is 10.4. The second-order valence-electron chi connectivity index (χ2n) is 7.69. The molecule has 1 amide bonds. The lowest BCUT2D eigenvalue weighted by molar-refractivity contribution is -0.135. The molecule has 28 heavy (non-hydrogen) atoms. The highest BCUT2D eigenvalue weighted by molar-refractivity contribution is 7.17. The third-order valence-corrected chi connectivity index (χ3v) is 6.92. The van der Waals surface area contributed by atoms with E-state index in [1.54, 1.807) is 17.7 Å². The van der Waals surface area contributed by atoms with Crippen molar-refractivity contribution in [1.82, 2.24) is 14.9 Å². The summed E-state index contributed by atoms with van der Waals surface area (Å²) in [6.07, 6.45) is 6.21. The molecule has 2 fully saturated rings. The normalized spacial score (nSPS) is 18.1. The van der Waals surface area contributed by atoms with E-state index in [1.165, 1.54) is 24.0 Å². The second-order valence-corrected chi connectivity index (χ2v) is 8.54. The fourth-order valence-corrected chi connectivity index (χ4v) is 5.41. The lowest BCUT2D eigenvalue weighted by Crippen LogP contribution is -2.50. The zero-order valence-corrected chi connectivity index (χ0v) is 16.7. The van der Waals surface area contributed by atoms with E-state index in [2.05, 4.69) is 49.4 Å². The number of hydrogen-bond donors (Lipinski definition) is 0. The van der Waals surface area contributed by atoms with Crippen molar-refractivity contribution in [2.24, 2.45) is 5.92 Å². The molecule has 1 saturated carbocycles. The monoisotopic (exact) mass is 392 g/mol. The van der Waals surface area contributed by atoms with Gasteiger partial charge in [0.1, 0.15) is 17.0 Å². The van der Waals surface area contributed by atoms with Crippen LogP contribution < -0.4 is 4.90 Å². The molecule has 3 aromatic rings. The number of carbonyl (C=O) groups excluding carboxylic acids is 1. The van der Waals surface area contributed by atoms with Gasteiger partial charge in [-0.2, -0.15) is 0 Å². The number of aromatic nitrogens is 2. The third-order valence-electron chi connectivity index (χ3n) is 6.03. The lowest BCUT2D eigenvalue weighted by Gasteiger charge is -2.36. The van der Waals surface area contributed by atoms with E-state index < -0.39 is 0 Å². The highest BCUT2D eigenvalue weighted by Crippen LogP contribution is 2.38. The van der Waals surface area contributed by atoms with Gasteiger partial charge in [0.15, 0.2) is 0 Å². The molecule has 0 atom stereocenters. The van der Waals surface area contributed by atoms with E-state index >= 15 is 0 Å². The van der Waals surface area contributed by atoms with Crippen molar-refractivity contribution in [3.05, 3.63) is 42.0 Å². The van der Waals surface area contributed by atoms with Gasteiger partial charge in [0.2, 0.25) is 5.91 Å². The van der Waals surface area contributed by atoms with Crippen LogP contribution in [0.1, 0.15) is 25.7 Å². The summed E-state index contributed by atoms with van der Waals surface area (Å²) >= 11 is 1.67. The Morgan fingerprint density at radius 1 is 1.00 bits per heavy atom. The molecule has 2 aliphatic rings. The molecule has 3 heterocycles. The molecule has 1 aliphatic carbocycles. The maximum absolute atomic E-state index is 12.7. The van der Waals surface area contributed by atoms with Gasteiger partial charge in [-0.15, -0.1) is 11.3 Å². The van der Waals surface area contributed by atoms with Crippen molar-refractivity contribution in [2.75, 3.05) is 31.1 Å². The molecule has 0 N–H and O–H groups in total. The standard InChI is InChI=1S/C22H24N4OS/c27-22(17-8-4-5-9-17)26-12-10-25(11-13-26)20-19-18(16-6-2-1-3-7-16)14-28-21(19)24-15-23-20/h1-3,6-7,14-15,17H,4-5,8-13H2. The van der Waals surface area contributed by atoms with Gasteiger partial charge in [0, 0.05) is 43.0 Å². The second kappa shape index (κ2) is 7.51. The molecule has 0 spiro atoms. The average molecular weight is 393 g/mol. The minimum atomic E-state index is 0.263. The van der Waals surface area contributed by atoms with Crippen molar-refractivity contribution < 1.29 is 4.79 Å². The summed E-state index contributed by atoms with van der Waals surface area (Å²) in [6.45, 7) is 3.22. The highest BCUT2D eigenvalue weighted by Gasteiger charge is 2.30. The van der Waals surface area contributed by atoms with Gasteiger partial charge in [-0.05, 0) is 18.4 Å². The highest BCUT2D eigenvalue weighted by atomic mass is 32.1. The first kappa shape index (κ1) is 17.6. The number of piperazine rings is 1. The van der Waals surface area contributed by atoms with E-state index in [4.69, 9.17) is 0 Å². The molecule has 0 bridgehead atoms. The minimum Gasteiger partial charge on any atom is -0.352 e. The van der Waals surface area contributed by atoms with Crippen LogP contribution in [0.15, 0.2) is 42.0 Å². The van der Waals surface area contributed by atoms with Crippen LogP contribution in [-0.4, -0.2) is 47.0 Å². The Morgan fingerprint density at radius 3 is 2.50 bits per heavy atom. The first-order chi connectivity index (χ1) is 13.8. The van der Waals surface area contributed by atoms with Crippen LogP contribution in [0.5, 0.6) is 0 Å². The lowest BCUT2D eigenvalue weighted by atomic mass is 10.1. The Hall–Kier alpha value is -2.47. The Bertz CT molecular complexity index is 973. The first-order valence-electron chi connectivity index (χ1n) is 10.1. The zero-order chi connectivity index (χ0) is 18.9. The van der Waals surface area contributed by atoms with E-state index in [0.29, 0.717) is 5.91 Å². The predicted molar refractivity (Wildman–Crippen MR) is 114 cm³/mol. The topological polar surface area (TPSA) is 49.3 Å². The van der Waals surface area contributed by atoms with Crippen LogP contribution in [0.25, 0.3) is 21.3 Å². The van der Waals surface area contributed by atoms with Crippen molar-refractivity contribution in [1.29, 1.82) is 0 Å². The molecular weight excluding hydrogens is 368 g/mol. The number of amides is 1. The van der Waals surface area contributed by atoms with Crippen LogP contribution in [0.4, 0.5) is 5.82 Å². The quantitative estimate of drug-likeness (QED) is 0.670. The fourth-order valence-electron chi connectivity index (χ4n) is 4.50. The number of rotatable bonds is 3. The number of fused-ring (bicyclic) bond motifs is 1. The van der Waals surface area contributed by atoms with Gasteiger partial charge in [0.25, 0.3) is 0 Å².